The third-order valence-corrected chi connectivity index (χ3v) is 10.8. The molecule has 1 fully saturated rings. The Morgan fingerprint density at radius 1 is 0.981 bits per heavy atom. The zero-order valence-corrected chi connectivity index (χ0v) is 33.5. The normalized spacial score (nSPS) is 18.8. The minimum atomic E-state index is -0.890. The smallest absolute Gasteiger partial charge is 0.328 e. The van der Waals surface area contributed by atoms with Crippen LogP contribution in [0.15, 0.2) is 30.3 Å². The van der Waals surface area contributed by atoms with Crippen molar-refractivity contribution in [3.05, 3.63) is 35.9 Å². The summed E-state index contributed by atoms with van der Waals surface area (Å²) in [6, 6.07) is 6.84. The summed E-state index contributed by atoms with van der Waals surface area (Å²) in [5.74, 6) is -2.57. The summed E-state index contributed by atoms with van der Waals surface area (Å²) in [4.78, 5) is 70.9. The maximum atomic E-state index is 14.1. The Kier molecular flexibility index (Phi) is 17.7. The van der Waals surface area contributed by atoms with Gasteiger partial charge in [-0.15, -0.1) is 0 Å². The van der Waals surface area contributed by atoms with E-state index >= 15 is 0 Å². The molecule has 0 bridgehead atoms. The maximum absolute atomic E-state index is 14.1. The first-order chi connectivity index (χ1) is 24.5. The molecule has 2 rings (SSSR count). The van der Waals surface area contributed by atoms with Crippen LogP contribution in [0.3, 0.4) is 0 Å². The van der Waals surface area contributed by atoms with Crippen molar-refractivity contribution in [3.63, 3.8) is 0 Å². The van der Waals surface area contributed by atoms with Gasteiger partial charge in [-0.2, -0.15) is 0 Å². The zero-order chi connectivity index (χ0) is 39.3. The van der Waals surface area contributed by atoms with E-state index in [1.807, 2.05) is 58.0 Å². The minimum Gasteiger partial charge on any atom is -0.467 e. The quantitative estimate of drug-likeness (QED) is 0.172. The van der Waals surface area contributed by atoms with E-state index in [-0.39, 0.29) is 54.3 Å². The van der Waals surface area contributed by atoms with Crippen molar-refractivity contribution in [3.8, 4) is 0 Å². The topological polar surface area (TPSA) is 156 Å². The summed E-state index contributed by atoms with van der Waals surface area (Å²) in [5, 5.41) is 8.77. The number of nitrogens with zero attached hydrogens (tertiary/aromatic N) is 2. The van der Waals surface area contributed by atoms with Gasteiger partial charge in [0.1, 0.15) is 12.1 Å². The molecule has 13 nitrogen and oxygen atoms in total. The summed E-state index contributed by atoms with van der Waals surface area (Å²) in [6.45, 7) is 13.5. The van der Waals surface area contributed by atoms with Crippen LogP contribution in [0, 0.1) is 17.8 Å². The number of esters is 1. The summed E-state index contributed by atoms with van der Waals surface area (Å²) >= 11 is 0. The molecule has 1 aliphatic rings. The molecule has 13 heteroatoms. The molecular formula is C39H65N5O8. The standard InChI is InChI=1S/C39H65N5O8/c1-13-25(4)33(43(9)36(47)32(24(2)3)42-38(49)39(6,7)40-8)30(50-10)23-31(45)44-21-17-20-29(44)34(51-11)26(5)35(46)41-28(37(48)52-12)22-27-18-15-14-16-19-27/h14-16,18-19,24-26,28-30,32-34,40H,13,17,20-23H2,1-12H3,(H,41,46)(H,42,49). The highest BCUT2D eigenvalue weighted by Gasteiger charge is 2.43. The molecule has 0 spiro atoms. The van der Waals surface area contributed by atoms with Gasteiger partial charge in [0, 0.05) is 34.2 Å². The molecule has 294 valence electrons. The zero-order valence-electron chi connectivity index (χ0n) is 33.5. The fraction of sp³-hybridized carbons (Fsp3) is 0.718. The van der Waals surface area contributed by atoms with Crippen molar-refractivity contribution in [2.24, 2.45) is 17.8 Å². The number of rotatable bonds is 20. The van der Waals surface area contributed by atoms with E-state index in [9.17, 15) is 24.0 Å². The highest BCUT2D eigenvalue weighted by atomic mass is 16.5. The molecule has 1 aliphatic heterocycles. The molecule has 0 aromatic heterocycles. The van der Waals surface area contributed by atoms with Crippen LogP contribution in [0.2, 0.25) is 0 Å². The van der Waals surface area contributed by atoms with Crippen molar-refractivity contribution >= 4 is 29.6 Å². The number of benzene rings is 1. The van der Waals surface area contributed by atoms with Gasteiger partial charge in [-0.1, -0.05) is 71.4 Å². The Balaban J connectivity index is 2.28. The molecule has 1 aromatic carbocycles. The Labute approximate surface area is 311 Å². The monoisotopic (exact) mass is 731 g/mol. The SMILES string of the molecule is CCC(C)C(C(CC(=O)N1CCCC1C(OC)C(C)C(=O)NC(Cc1ccccc1)C(=O)OC)OC)N(C)C(=O)C(NC(=O)C(C)(C)NC)C(C)C. The number of nitrogens with one attached hydrogen (secondary N) is 3. The Morgan fingerprint density at radius 2 is 1.62 bits per heavy atom. The van der Waals surface area contributed by atoms with Crippen molar-refractivity contribution in [2.75, 3.05) is 42.0 Å². The first-order valence-corrected chi connectivity index (χ1v) is 18.5. The Bertz CT molecular complexity index is 1320. The number of likely N-dealkylation sites (tertiary alicyclic amines) is 1. The van der Waals surface area contributed by atoms with Crippen LogP contribution in [0.4, 0.5) is 0 Å². The van der Waals surface area contributed by atoms with Crippen molar-refractivity contribution in [1.29, 1.82) is 0 Å². The van der Waals surface area contributed by atoms with E-state index in [1.54, 1.807) is 51.8 Å². The average molecular weight is 732 g/mol. The van der Waals surface area contributed by atoms with E-state index in [0.29, 0.717) is 13.0 Å². The second kappa shape index (κ2) is 20.6. The molecule has 4 amide bonds. The summed E-state index contributed by atoms with van der Waals surface area (Å²) < 4.78 is 16.9. The highest BCUT2D eigenvalue weighted by molar-refractivity contribution is 5.92. The number of hydrogen-bond donors (Lipinski definition) is 3. The van der Waals surface area contributed by atoms with Crippen LogP contribution in [0.25, 0.3) is 0 Å². The van der Waals surface area contributed by atoms with Gasteiger partial charge in [0.15, 0.2) is 0 Å². The van der Waals surface area contributed by atoms with Gasteiger partial charge in [0.2, 0.25) is 23.6 Å². The molecule has 1 saturated heterocycles. The third-order valence-electron chi connectivity index (χ3n) is 10.8. The van der Waals surface area contributed by atoms with Crippen LogP contribution >= 0.6 is 0 Å². The summed E-state index contributed by atoms with van der Waals surface area (Å²) in [5.41, 5.74) is -0.000994. The lowest BCUT2D eigenvalue weighted by Crippen LogP contribution is -2.61. The van der Waals surface area contributed by atoms with Gasteiger partial charge in [-0.05, 0) is 51.1 Å². The highest BCUT2D eigenvalue weighted by Crippen LogP contribution is 2.30. The number of ether oxygens (including phenoxy) is 3. The molecule has 8 unspecified atom stereocenters. The lowest BCUT2D eigenvalue weighted by molar-refractivity contribution is -0.149. The number of likely N-dealkylation sites (N-methyl/N-ethyl adjacent to an activating group) is 2. The predicted molar refractivity (Wildman–Crippen MR) is 200 cm³/mol. The predicted octanol–water partition coefficient (Wildman–Crippen LogP) is 2.95. The lowest BCUT2D eigenvalue weighted by atomic mass is 9.89. The van der Waals surface area contributed by atoms with E-state index < -0.39 is 47.8 Å². The van der Waals surface area contributed by atoms with E-state index in [4.69, 9.17) is 14.2 Å². The fourth-order valence-corrected chi connectivity index (χ4v) is 6.96. The average Bonchev–Trinajstić information content (AvgIpc) is 3.62. The molecule has 8 atom stereocenters. The molecule has 1 aromatic rings. The number of carbonyl (C=O) groups is 5. The Hall–Kier alpha value is -3.55. The van der Waals surface area contributed by atoms with Gasteiger partial charge in [-0.25, -0.2) is 4.79 Å². The largest absolute Gasteiger partial charge is 0.467 e. The van der Waals surface area contributed by atoms with Gasteiger partial charge in [0.25, 0.3) is 0 Å². The van der Waals surface area contributed by atoms with Gasteiger partial charge in [-0.3, -0.25) is 19.2 Å². The van der Waals surface area contributed by atoms with Gasteiger partial charge in [0.05, 0.1) is 49.3 Å². The number of hydrogen-bond acceptors (Lipinski definition) is 9. The molecule has 0 aliphatic carbocycles. The van der Waals surface area contributed by atoms with E-state index in [0.717, 1.165) is 18.4 Å². The molecule has 0 saturated carbocycles. The van der Waals surface area contributed by atoms with Crippen LogP contribution in [0.1, 0.15) is 79.7 Å². The van der Waals surface area contributed by atoms with Crippen molar-refractivity contribution < 1.29 is 38.2 Å². The van der Waals surface area contributed by atoms with Crippen LogP contribution in [-0.2, 0) is 44.6 Å². The van der Waals surface area contributed by atoms with Crippen LogP contribution in [0.5, 0.6) is 0 Å². The van der Waals surface area contributed by atoms with Crippen LogP contribution < -0.4 is 16.0 Å². The maximum Gasteiger partial charge on any atom is 0.328 e. The minimum absolute atomic E-state index is 0.00359. The molecule has 3 N–H and O–H groups in total. The third kappa shape index (κ3) is 11.5. The summed E-state index contributed by atoms with van der Waals surface area (Å²) in [7, 11) is 7.76. The molecule has 0 radical (unpaired) electrons. The van der Waals surface area contributed by atoms with Gasteiger partial charge >= 0.3 is 5.97 Å². The van der Waals surface area contributed by atoms with E-state index in [1.165, 1.54) is 14.2 Å². The fourth-order valence-electron chi connectivity index (χ4n) is 6.96. The molecular weight excluding hydrogens is 666 g/mol. The molecule has 52 heavy (non-hydrogen) atoms. The van der Waals surface area contributed by atoms with Crippen LogP contribution in [-0.4, -0.2) is 123 Å². The second-order valence-corrected chi connectivity index (χ2v) is 14.9. The summed E-state index contributed by atoms with van der Waals surface area (Å²) in [6.07, 6.45) is 1.07. The van der Waals surface area contributed by atoms with Crippen molar-refractivity contribution in [2.45, 2.75) is 122 Å². The second-order valence-electron chi connectivity index (χ2n) is 14.9. The Morgan fingerprint density at radius 3 is 2.13 bits per heavy atom. The number of amides is 4. The number of methoxy groups -OCH3 is 3. The van der Waals surface area contributed by atoms with E-state index in [2.05, 4.69) is 16.0 Å². The first kappa shape index (κ1) is 44.6. The van der Waals surface area contributed by atoms with Crippen molar-refractivity contribution in [1.82, 2.24) is 25.8 Å². The number of carbonyl (C=O) groups excluding carboxylic acids is 5. The molecule has 1 heterocycles. The lowest BCUT2D eigenvalue weighted by Gasteiger charge is -2.41. The van der Waals surface area contributed by atoms with Gasteiger partial charge < -0.3 is 40.0 Å². The first-order valence-electron chi connectivity index (χ1n) is 18.5.